The highest BCUT2D eigenvalue weighted by molar-refractivity contribution is 5.94. The number of amides is 1. The van der Waals surface area contributed by atoms with Gasteiger partial charge in [-0.05, 0) is 44.2 Å². The van der Waals surface area contributed by atoms with E-state index in [2.05, 4.69) is 11.9 Å². The van der Waals surface area contributed by atoms with Crippen molar-refractivity contribution in [3.05, 3.63) is 29.6 Å². The average molecular weight is 288 g/mol. The van der Waals surface area contributed by atoms with E-state index < -0.39 is 5.97 Å². The molecule has 1 aromatic heterocycles. The molecule has 3 rings (SSSR count). The lowest BCUT2D eigenvalue weighted by Crippen LogP contribution is -2.42. The molecular weight excluding hydrogens is 268 g/mol. The van der Waals surface area contributed by atoms with Crippen LogP contribution >= 0.6 is 0 Å². The molecule has 112 valence electrons. The van der Waals surface area contributed by atoms with Gasteiger partial charge in [0.15, 0.2) is 0 Å². The molecule has 1 N–H and O–H groups in total. The van der Waals surface area contributed by atoms with E-state index in [0.29, 0.717) is 12.0 Å². The first-order valence-electron chi connectivity index (χ1n) is 7.61. The smallest absolute Gasteiger partial charge is 0.354 e. The van der Waals surface area contributed by atoms with Gasteiger partial charge in [-0.2, -0.15) is 0 Å². The molecule has 5 heteroatoms. The molecule has 0 radical (unpaired) electrons. The normalized spacial score (nSPS) is 28.2. The minimum Gasteiger partial charge on any atom is -0.477 e. The third kappa shape index (κ3) is 2.52. The Morgan fingerprint density at radius 2 is 1.95 bits per heavy atom. The quantitative estimate of drug-likeness (QED) is 0.908. The Balaban J connectivity index is 1.87. The van der Waals surface area contributed by atoms with Gasteiger partial charge in [-0.15, -0.1) is 0 Å². The maximum atomic E-state index is 12.8. The van der Waals surface area contributed by atoms with E-state index in [1.807, 2.05) is 4.90 Å². The van der Waals surface area contributed by atoms with E-state index >= 15 is 0 Å². The topological polar surface area (TPSA) is 70.5 Å². The molecule has 1 amide bonds. The summed E-state index contributed by atoms with van der Waals surface area (Å²) in [6.45, 7) is 2.08. The van der Waals surface area contributed by atoms with Crippen LogP contribution in [0.4, 0.5) is 0 Å². The van der Waals surface area contributed by atoms with Crippen LogP contribution in [0.2, 0.25) is 0 Å². The number of aromatic nitrogens is 1. The number of carbonyl (C=O) groups is 2. The van der Waals surface area contributed by atoms with Gasteiger partial charge in [-0.25, -0.2) is 9.78 Å². The fraction of sp³-hybridized carbons (Fsp3) is 0.562. The van der Waals surface area contributed by atoms with Crippen molar-refractivity contribution in [1.29, 1.82) is 0 Å². The van der Waals surface area contributed by atoms with Crippen LogP contribution in [-0.2, 0) is 0 Å². The lowest BCUT2D eigenvalue weighted by Gasteiger charge is -2.33. The molecule has 2 heterocycles. The number of carboxylic acids is 1. The zero-order valence-corrected chi connectivity index (χ0v) is 12.2. The van der Waals surface area contributed by atoms with Crippen molar-refractivity contribution in [2.75, 3.05) is 0 Å². The Hall–Kier alpha value is -1.91. The summed E-state index contributed by atoms with van der Waals surface area (Å²) in [7, 11) is 0. The van der Waals surface area contributed by atoms with Gasteiger partial charge in [0.25, 0.3) is 5.91 Å². The molecule has 0 bridgehead atoms. The summed E-state index contributed by atoms with van der Waals surface area (Å²) >= 11 is 0. The number of likely N-dealkylation sites (tertiary alicyclic amines) is 1. The Labute approximate surface area is 124 Å². The molecular formula is C16H20N2O3. The highest BCUT2D eigenvalue weighted by Crippen LogP contribution is 2.40. The van der Waals surface area contributed by atoms with E-state index in [-0.39, 0.29) is 23.3 Å². The monoisotopic (exact) mass is 288 g/mol. The third-order valence-corrected chi connectivity index (χ3v) is 4.77. The van der Waals surface area contributed by atoms with Crippen LogP contribution in [0.25, 0.3) is 0 Å². The SMILES string of the molecule is CC1CC2CCCCC2N1C(=O)c1cccc(C(=O)O)n1. The lowest BCUT2D eigenvalue weighted by molar-refractivity contribution is 0.0626. The molecule has 1 aliphatic carbocycles. The van der Waals surface area contributed by atoms with Gasteiger partial charge in [0.1, 0.15) is 11.4 Å². The fourth-order valence-electron chi connectivity index (χ4n) is 3.86. The molecule has 1 aliphatic heterocycles. The third-order valence-electron chi connectivity index (χ3n) is 4.77. The van der Waals surface area contributed by atoms with Gasteiger partial charge in [0, 0.05) is 12.1 Å². The van der Waals surface area contributed by atoms with Gasteiger partial charge in [-0.3, -0.25) is 4.79 Å². The molecule has 3 atom stereocenters. The van der Waals surface area contributed by atoms with Gasteiger partial charge in [-0.1, -0.05) is 18.9 Å². The Morgan fingerprint density at radius 3 is 2.71 bits per heavy atom. The number of fused-ring (bicyclic) bond motifs is 1. The molecule has 21 heavy (non-hydrogen) atoms. The van der Waals surface area contributed by atoms with Crippen LogP contribution in [0.5, 0.6) is 0 Å². The second-order valence-electron chi connectivity index (χ2n) is 6.12. The summed E-state index contributed by atoms with van der Waals surface area (Å²) in [5.41, 5.74) is 0.167. The van der Waals surface area contributed by atoms with Crippen LogP contribution in [0.1, 0.15) is 60.0 Å². The predicted molar refractivity (Wildman–Crippen MR) is 77.2 cm³/mol. The summed E-state index contributed by atoms with van der Waals surface area (Å²) in [5.74, 6) is -0.630. The maximum absolute atomic E-state index is 12.8. The molecule has 1 aromatic rings. The predicted octanol–water partition coefficient (Wildman–Crippen LogP) is 2.57. The van der Waals surface area contributed by atoms with Crippen LogP contribution < -0.4 is 0 Å². The number of rotatable bonds is 2. The molecule has 3 unspecified atom stereocenters. The first-order valence-corrected chi connectivity index (χ1v) is 7.61. The van der Waals surface area contributed by atoms with Crippen molar-refractivity contribution in [3.63, 3.8) is 0 Å². The van der Waals surface area contributed by atoms with E-state index in [4.69, 9.17) is 5.11 Å². The highest BCUT2D eigenvalue weighted by atomic mass is 16.4. The summed E-state index contributed by atoms with van der Waals surface area (Å²) in [6, 6.07) is 5.12. The van der Waals surface area contributed by atoms with Gasteiger partial charge in [0.05, 0.1) is 0 Å². The van der Waals surface area contributed by atoms with E-state index in [1.165, 1.54) is 25.3 Å². The minimum atomic E-state index is -1.10. The molecule has 2 fully saturated rings. The number of nitrogens with zero attached hydrogens (tertiary/aromatic N) is 2. The number of aromatic carboxylic acids is 1. The molecule has 0 spiro atoms. The average Bonchev–Trinajstić information content (AvgIpc) is 2.82. The zero-order chi connectivity index (χ0) is 15.0. The first kappa shape index (κ1) is 14.0. The summed E-state index contributed by atoms with van der Waals surface area (Å²) < 4.78 is 0. The van der Waals surface area contributed by atoms with Crippen molar-refractivity contribution in [2.24, 2.45) is 5.92 Å². The number of carboxylic acid groups (broad SMARTS) is 1. The van der Waals surface area contributed by atoms with E-state index in [0.717, 1.165) is 12.8 Å². The molecule has 1 saturated heterocycles. The minimum absolute atomic E-state index is 0.0760. The zero-order valence-electron chi connectivity index (χ0n) is 12.2. The second-order valence-corrected chi connectivity index (χ2v) is 6.12. The van der Waals surface area contributed by atoms with Crippen molar-refractivity contribution < 1.29 is 14.7 Å². The van der Waals surface area contributed by atoms with Crippen molar-refractivity contribution >= 4 is 11.9 Å². The number of carbonyl (C=O) groups excluding carboxylic acids is 1. The van der Waals surface area contributed by atoms with Crippen LogP contribution in [0, 0.1) is 5.92 Å². The lowest BCUT2D eigenvalue weighted by atomic mass is 9.85. The Morgan fingerprint density at radius 1 is 1.24 bits per heavy atom. The molecule has 5 nitrogen and oxygen atoms in total. The van der Waals surface area contributed by atoms with E-state index in [9.17, 15) is 9.59 Å². The number of hydrogen-bond acceptors (Lipinski definition) is 3. The van der Waals surface area contributed by atoms with Crippen LogP contribution in [-0.4, -0.2) is 39.0 Å². The molecule has 1 saturated carbocycles. The maximum Gasteiger partial charge on any atom is 0.354 e. The van der Waals surface area contributed by atoms with Crippen LogP contribution in [0.15, 0.2) is 18.2 Å². The van der Waals surface area contributed by atoms with Gasteiger partial charge >= 0.3 is 5.97 Å². The standard InChI is InChI=1S/C16H20N2O3/c1-10-9-11-5-2-3-8-14(11)18(10)15(19)12-6-4-7-13(17-12)16(20)21/h4,6-7,10-11,14H,2-3,5,8-9H2,1H3,(H,20,21). The van der Waals surface area contributed by atoms with Gasteiger partial charge in [0.2, 0.25) is 0 Å². The van der Waals surface area contributed by atoms with Gasteiger partial charge < -0.3 is 10.0 Å². The van der Waals surface area contributed by atoms with Crippen molar-refractivity contribution in [3.8, 4) is 0 Å². The fourth-order valence-corrected chi connectivity index (χ4v) is 3.86. The highest BCUT2D eigenvalue weighted by Gasteiger charge is 2.43. The second kappa shape index (κ2) is 5.47. The largest absolute Gasteiger partial charge is 0.477 e. The van der Waals surface area contributed by atoms with Crippen LogP contribution in [0.3, 0.4) is 0 Å². The number of hydrogen-bond donors (Lipinski definition) is 1. The Kier molecular flexibility index (Phi) is 3.66. The molecule has 2 aliphatic rings. The van der Waals surface area contributed by atoms with Crippen molar-refractivity contribution in [1.82, 2.24) is 9.88 Å². The summed E-state index contributed by atoms with van der Waals surface area (Å²) in [6.07, 6.45) is 5.72. The van der Waals surface area contributed by atoms with Crippen molar-refractivity contribution in [2.45, 2.75) is 51.1 Å². The van der Waals surface area contributed by atoms with E-state index in [1.54, 1.807) is 12.1 Å². The number of pyridine rings is 1. The Bertz CT molecular complexity index is 572. The molecule has 0 aromatic carbocycles. The summed E-state index contributed by atoms with van der Waals surface area (Å²) in [4.78, 5) is 29.7. The first-order chi connectivity index (χ1) is 10.1. The summed E-state index contributed by atoms with van der Waals surface area (Å²) in [5, 5.41) is 9.01.